The van der Waals surface area contributed by atoms with Crippen LogP contribution in [0.2, 0.25) is 0 Å². The number of aliphatic imine (C=N–C) groups is 1. The largest absolute Gasteiger partial charge is 0.378 e. The lowest BCUT2D eigenvalue weighted by atomic mass is 9.55. The lowest BCUT2D eigenvalue weighted by Gasteiger charge is -2.58. The molecule has 1 aliphatic heterocycles. The van der Waals surface area contributed by atoms with E-state index in [0.717, 1.165) is 25.5 Å². The van der Waals surface area contributed by atoms with E-state index in [4.69, 9.17) is 4.74 Å². The molecule has 3 fully saturated rings. The predicted octanol–water partition coefficient (Wildman–Crippen LogP) is 1.22. The van der Waals surface area contributed by atoms with Crippen LogP contribution in [0.15, 0.2) is 4.99 Å². The van der Waals surface area contributed by atoms with E-state index in [0.29, 0.717) is 25.2 Å². The van der Waals surface area contributed by atoms with Gasteiger partial charge in [-0.2, -0.15) is 0 Å². The van der Waals surface area contributed by atoms with Crippen molar-refractivity contribution in [2.24, 2.45) is 10.4 Å². The highest BCUT2D eigenvalue weighted by molar-refractivity contribution is 6.01. The number of hydrogen-bond acceptors (Lipinski definition) is 4. The second kappa shape index (κ2) is 8.91. The van der Waals surface area contributed by atoms with Crippen molar-refractivity contribution < 1.29 is 14.3 Å². The third-order valence-corrected chi connectivity index (χ3v) is 6.12. The van der Waals surface area contributed by atoms with E-state index >= 15 is 0 Å². The highest BCUT2D eigenvalue weighted by atomic mass is 16.5. The van der Waals surface area contributed by atoms with Crippen LogP contribution in [0.4, 0.5) is 4.79 Å². The van der Waals surface area contributed by atoms with E-state index in [1.54, 1.807) is 0 Å². The molecule has 2 aliphatic carbocycles. The molecule has 0 aromatic rings. The van der Waals surface area contributed by atoms with Gasteiger partial charge in [-0.05, 0) is 33.1 Å². The quantitative estimate of drug-likeness (QED) is 0.351. The first kappa shape index (κ1) is 19.9. The molecule has 27 heavy (non-hydrogen) atoms. The number of rotatable bonds is 7. The molecule has 0 aromatic carbocycles. The summed E-state index contributed by atoms with van der Waals surface area (Å²) in [4.78, 5) is 29.1. The molecule has 1 spiro atoms. The Morgan fingerprint density at radius 2 is 2.07 bits per heavy atom. The summed E-state index contributed by atoms with van der Waals surface area (Å²) in [6, 6.07) is 0.0386. The molecule has 3 N–H and O–H groups in total. The van der Waals surface area contributed by atoms with Crippen LogP contribution >= 0.6 is 0 Å². The Morgan fingerprint density at radius 3 is 2.70 bits per heavy atom. The summed E-state index contributed by atoms with van der Waals surface area (Å²) in [6.45, 7) is 6.42. The number of hydrogen-bond donors (Lipinski definition) is 3. The SMILES string of the molecule is CCNC(=NCCN1C(=O)CNC1=O)NC1CC(OCC)C12CCCCC2. The summed E-state index contributed by atoms with van der Waals surface area (Å²) >= 11 is 0. The first-order chi connectivity index (χ1) is 13.1. The van der Waals surface area contributed by atoms with Gasteiger partial charge in [-0.15, -0.1) is 0 Å². The van der Waals surface area contributed by atoms with Gasteiger partial charge in [-0.3, -0.25) is 14.7 Å². The molecule has 1 saturated heterocycles. The Bertz CT molecular complexity index is 558. The average molecular weight is 380 g/mol. The highest BCUT2D eigenvalue weighted by Crippen LogP contribution is 2.53. The first-order valence-electron chi connectivity index (χ1n) is 10.4. The summed E-state index contributed by atoms with van der Waals surface area (Å²) in [5, 5.41) is 9.43. The van der Waals surface area contributed by atoms with Crippen LogP contribution in [0.1, 0.15) is 52.4 Å². The number of nitrogens with one attached hydrogen (secondary N) is 3. The summed E-state index contributed by atoms with van der Waals surface area (Å²) in [7, 11) is 0. The number of guanidine groups is 1. The third-order valence-electron chi connectivity index (χ3n) is 6.12. The molecule has 3 rings (SSSR count). The first-order valence-corrected chi connectivity index (χ1v) is 10.4. The van der Waals surface area contributed by atoms with Crippen LogP contribution < -0.4 is 16.0 Å². The maximum atomic E-state index is 11.7. The minimum atomic E-state index is -0.326. The molecule has 3 amide bonds. The maximum Gasteiger partial charge on any atom is 0.324 e. The van der Waals surface area contributed by atoms with Crippen LogP contribution in [0.3, 0.4) is 0 Å². The Hall–Kier alpha value is -1.83. The lowest BCUT2D eigenvalue weighted by molar-refractivity contribution is -0.145. The van der Waals surface area contributed by atoms with Crippen molar-refractivity contribution in [2.45, 2.75) is 64.5 Å². The van der Waals surface area contributed by atoms with Crippen LogP contribution in [-0.4, -0.2) is 67.7 Å². The van der Waals surface area contributed by atoms with Crippen molar-refractivity contribution in [1.82, 2.24) is 20.9 Å². The zero-order chi connectivity index (χ0) is 19.3. The monoisotopic (exact) mass is 379 g/mol. The van der Waals surface area contributed by atoms with E-state index in [-0.39, 0.29) is 23.9 Å². The highest BCUT2D eigenvalue weighted by Gasteiger charge is 2.55. The Kier molecular flexibility index (Phi) is 6.57. The molecular formula is C19H33N5O3. The maximum absolute atomic E-state index is 11.7. The summed E-state index contributed by atoms with van der Waals surface area (Å²) < 4.78 is 6.03. The number of carbonyl (C=O) groups excluding carboxylic acids is 2. The molecule has 1 heterocycles. The van der Waals surface area contributed by atoms with Crippen molar-refractivity contribution in [3.05, 3.63) is 0 Å². The molecule has 152 valence electrons. The van der Waals surface area contributed by atoms with Gasteiger partial charge in [-0.25, -0.2) is 4.79 Å². The zero-order valence-electron chi connectivity index (χ0n) is 16.6. The van der Waals surface area contributed by atoms with Gasteiger partial charge in [0.15, 0.2) is 5.96 Å². The predicted molar refractivity (Wildman–Crippen MR) is 104 cm³/mol. The molecule has 2 atom stereocenters. The Balaban J connectivity index is 1.59. The summed E-state index contributed by atoms with van der Waals surface area (Å²) in [6.07, 6.45) is 7.60. The van der Waals surface area contributed by atoms with Gasteiger partial charge in [0, 0.05) is 24.6 Å². The van der Waals surface area contributed by atoms with E-state index in [2.05, 4.69) is 27.9 Å². The van der Waals surface area contributed by atoms with Gasteiger partial charge in [0.2, 0.25) is 5.91 Å². The molecular weight excluding hydrogens is 346 g/mol. The van der Waals surface area contributed by atoms with Crippen LogP contribution in [0.25, 0.3) is 0 Å². The zero-order valence-corrected chi connectivity index (χ0v) is 16.6. The Labute approximate surface area is 161 Å². The fourth-order valence-electron chi connectivity index (χ4n) is 4.69. The number of ether oxygens (including phenoxy) is 1. The van der Waals surface area contributed by atoms with Gasteiger partial charge in [0.1, 0.15) is 0 Å². The van der Waals surface area contributed by atoms with E-state index in [1.165, 1.54) is 37.0 Å². The molecule has 0 radical (unpaired) electrons. The van der Waals surface area contributed by atoms with Gasteiger partial charge in [0.25, 0.3) is 0 Å². The molecule has 8 heteroatoms. The molecule has 8 nitrogen and oxygen atoms in total. The molecule has 3 aliphatic rings. The smallest absolute Gasteiger partial charge is 0.324 e. The van der Waals surface area contributed by atoms with E-state index < -0.39 is 0 Å². The van der Waals surface area contributed by atoms with Crippen LogP contribution in [0.5, 0.6) is 0 Å². The number of urea groups is 1. The topological polar surface area (TPSA) is 95.1 Å². The van der Waals surface area contributed by atoms with Crippen molar-refractivity contribution in [2.75, 3.05) is 32.8 Å². The van der Waals surface area contributed by atoms with Crippen molar-refractivity contribution >= 4 is 17.9 Å². The number of carbonyl (C=O) groups is 2. The molecule has 2 unspecified atom stereocenters. The minimum absolute atomic E-state index is 0.0876. The van der Waals surface area contributed by atoms with E-state index in [9.17, 15) is 9.59 Å². The van der Waals surface area contributed by atoms with Gasteiger partial charge < -0.3 is 20.7 Å². The fraction of sp³-hybridized carbons (Fsp3) is 0.842. The number of amides is 3. The van der Waals surface area contributed by atoms with Crippen molar-refractivity contribution in [1.29, 1.82) is 0 Å². The summed E-state index contributed by atoms with van der Waals surface area (Å²) in [5.74, 6) is 0.572. The normalized spacial score (nSPS) is 27.5. The van der Waals surface area contributed by atoms with Crippen LogP contribution in [0, 0.1) is 5.41 Å². The summed E-state index contributed by atoms with van der Waals surface area (Å²) in [5.41, 5.74) is 0.218. The van der Waals surface area contributed by atoms with Gasteiger partial charge >= 0.3 is 6.03 Å². The fourth-order valence-corrected chi connectivity index (χ4v) is 4.69. The number of nitrogens with zero attached hydrogens (tertiary/aromatic N) is 2. The second-order valence-electron chi connectivity index (χ2n) is 7.64. The molecule has 0 bridgehead atoms. The standard InChI is InChI=1S/C19H33N5O3/c1-3-20-17(21-10-11-24-16(25)13-22-18(24)26)23-14-12-15(27-4-2)19(14)8-6-5-7-9-19/h14-15H,3-13H2,1-2H3,(H,22,26)(H2,20,21,23). The minimum Gasteiger partial charge on any atom is -0.378 e. The van der Waals surface area contributed by atoms with Gasteiger partial charge in [0.05, 0.1) is 25.7 Å². The second-order valence-corrected chi connectivity index (χ2v) is 7.64. The lowest BCUT2D eigenvalue weighted by Crippen LogP contribution is -2.66. The van der Waals surface area contributed by atoms with Crippen molar-refractivity contribution in [3.8, 4) is 0 Å². The van der Waals surface area contributed by atoms with Crippen LogP contribution in [-0.2, 0) is 9.53 Å². The van der Waals surface area contributed by atoms with E-state index in [1.807, 2.05) is 6.92 Å². The third kappa shape index (κ3) is 4.20. The molecule has 2 saturated carbocycles. The van der Waals surface area contributed by atoms with Crippen molar-refractivity contribution in [3.63, 3.8) is 0 Å². The molecule has 0 aromatic heterocycles. The van der Waals surface area contributed by atoms with Gasteiger partial charge in [-0.1, -0.05) is 19.3 Å². The number of imide groups is 1. The Morgan fingerprint density at radius 1 is 1.30 bits per heavy atom. The average Bonchev–Trinajstić information content (AvgIpc) is 3.00.